The van der Waals surface area contributed by atoms with E-state index >= 15 is 0 Å². The molecule has 0 spiro atoms. The molecule has 1 fully saturated rings. The van der Waals surface area contributed by atoms with E-state index in [4.69, 9.17) is 5.11 Å². The quantitative estimate of drug-likeness (QED) is 0.641. The Morgan fingerprint density at radius 2 is 2.00 bits per heavy atom. The van der Waals surface area contributed by atoms with Crippen molar-refractivity contribution in [3.05, 3.63) is 23.8 Å². The molecule has 1 aliphatic rings. The molecule has 3 N–H and O–H groups in total. The Morgan fingerprint density at radius 3 is 2.57 bits per heavy atom. The second-order valence-electron chi connectivity index (χ2n) is 4.24. The summed E-state index contributed by atoms with van der Waals surface area (Å²) in [5.41, 5.74) is 1.29. The first-order valence-electron chi connectivity index (χ1n) is 4.85. The Kier molecular flexibility index (Phi) is 2.11. The summed E-state index contributed by atoms with van der Waals surface area (Å²) < 4.78 is 0. The fourth-order valence-corrected chi connectivity index (χ4v) is 1.36. The third kappa shape index (κ3) is 1.99. The second-order valence-corrected chi connectivity index (χ2v) is 4.24. The summed E-state index contributed by atoms with van der Waals surface area (Å²) in [4.78, 5) is 0. The first-order chi connectivity index (χ1) is 6.59. The number of hydrogen-bond acceptors (Lipinski definition) is 3. The van der Waals surface area contributed by atoms with E-state index in [0.717, 1.165) is 12.1 Å². The SMILES string of the molecule is CC1(NCc2ccc(O)c(O)c2)CC1. The fourth-order valence-electron chi connectivity index (χ4n) is 1.36. The van der Waals surface area contributed by atoms with Crippen molar-refractivity contribution >= 4 is 0 Å². The predicted molar refractivity (Wildman–Crippen MR) is 54.3 cm³/mol. The average Bonchev–Trinajstić information content (AvgIpc) is 2.87. The van der Waals surface area contributed by atoms with E-state index in [1.54, 1.807) is 6.07 Å². The molecule has 0 bridgehead atoms. The van der Waals surface area contributed by atoms with Crippen LogP contribution in [0.15, 0.2) is 18.2 Å². The summed E-state index contributed by atoms with van der Waals surface area (Å²) in [7, 11) is 0. The first kappa shape index (κ1) is 9.34. The molecule has 3 heteroatoms. The second kappa shape index (κ2) is 3.17. The van der Waals surface area contributed by atoms with Crippen LogP contribution in [-0.4, -0.2) is 15.8 Å². The van der Waals surface area contributed by atoms with Crippen molar-refractivity contribution in [2.24, 2.45) is 0 Å². The van der Waals surface area contributed by atoms with Gasteiger partial charge in [0.05, 0.1) is 0 Å². The molecule has 0 aromatic heterocycles. The van der Waals surface area contributed by atoms with Crippen LogP contribution in [0.4, 0.5) is 0 Å². The van der Waals surface area contributed by atoms with Crippen molar-refractivity contribution in [3.8, 4) is 11.5 Å². The van der Waals surface area contributed by atoms with Gasteiger partial charge in [-0.1, -0.05) is 6.07 Å². The summed E-state index contributed by atoms with van der Waals surface area (Å²) in [6.07, 6.45) is 2.44. The number of hydrogen-bond donors (Lipinski definition) is 3. The molecule has 1 aromatic rings. The highest BCUT2D eigenvalue weighted by molar-refractivity contribution is 5.40. The lowest BCUT2D eigenvalue weighted by Crippen LogP contribution is -2.26. The largest absolute Gasteiger partial charge is 0.504 e. The van der Waals surface area contributed by atoms with Crippen LogP contribution in [0.25, 0.3) is 0 Å². The van der Waals surface area contributed by atoms with Crippen LogP contribution in [0.2, 0.25) is 0 Å². The number of aromatic hydroxyl groups is 2. The Morgan fingerprint density at radius 1 is 1.29 bits per heavy atom. The predicted octanol–water partition coefficient (Wildman–Crippen LogP) is 1.74. The van der Waals surface area contributed by atoms with E-state index in [0.29, 0.717) is 5.54 Å². The summed E-state index contributed by atoms with van der Waals surface area (Å²) in [6, 6.07) is 4.92. The van der Waals surface area contributed by atoms with Crippen molar-refractivity contribution in [1.29, 1.82) is 0 Å². The Labute approximate surface area is 83.4 Å². The van der Waals surface area contributed by atoms with Gasteiger partial charge in [-0.15, -0.1) is 0 Å². The first-order valence-corrected chi connectivity index (χ1v) is 4.85. The maximum Gasteiger partial charge on any atom is 0.157 e. The van der Waals surface area contributed by atoms with Crippen LogP contribution >= 0.6 is 0 Å². The normalized spacial score (nSPS) is 18.1. The summed E-state index contributed by atoms with van der Waals surface area (Å²) in [5, 5.41) is 21.8. The van der Waals surface area contributed by atoms with Gasteiger partial charge < -0.3 is 15.5 Å². The van der Waals surface area contributed by atoms with Crippen LogP contribution in [0.1, 0.15) is 25.3 Å². The number of phenols is 2. The van der Waals surface area contributed by atoms with Gasteiger partial charge in [-0.05, 0) is 37.5 Å². The maximum absolute atomic E-state index is 9.27. The van der Waals surface area contributed by atoms with Crippen molar-refractivity contribution in [2.45, 2.75) is 31.8 Å². The van der Waals surface area contributed by atoms with Crippen LogP contribution < -0.4 is 5.32 Å². The van der Waals surface area contributed by atoms with Crippen LogP contribution in [-0.2, 0) is 6.54 Å². The molecule has 0 radical (unpaired) electrons. The Bertz CT molecular complexity index is 345. The van der Waals surface area contributed by atoms with Gasteiger partial charge in [0.2, 0.25) is 0 Å². The number of nitrogens with one attached hydrogen (secondary N) is 1. The van der Waals surface area contributed by atoms with Gasteiger partial charge in [0.15, 0.2) is 11.5 Å². The van der Waals surface area contributed by atoms with Crippen LogP contribution in [0, 0.1) is 0 Å². The molecule has 0 aliphatic heterocycles. The van der Waals surface area contributed by atoms with Crippen LogP contribution in [0.3, 0.4) is 0 Å². The Balaban J connectivity index is 1.99. The zero-order chi connectivity index (χ0) is 10.2. The van der Waals surface area contributed by atoms with Gasteiger partial charge in [-0.3, -0.25) is 0 Å². The van der Waals surface area contributed by atoms with E-state index in [1.165, 1.54) is 18.9 Å². The molecular weight excluding hydrogens is 178 g/mol. The van der Waals surface area contributed by atoms with Gasteiger partial charge in [0, 0.05) is 12.1 Å². The number of phenolic OH excluding ortho intramolecular Hbond substituents is 2. The van der Waals surface area contributed by atoms with E-state index in [1.807, 2.05) is 6.07 Å². The van der Waals surface area contributed by atoms with Gasteiger partial charge >= 0.3 is 0 Å². The van der Waals surface area contributed by atoms with Gasteiger partial charge in [-0.2, -0.15) is 0 Å². The molecule has 76 valence electrons. The summed E-state index contributed by atoms with van der Waals surface area (Å²) >= 11 is 0. The molecule has 0 heterocycles. The molecular formula is C11H15NO2. The highest BCUT2D eigenvalue weighted by Crippen LogP contribution is 2.34. The fraction of sp³-hybridized carbons (Fsp3) is 0.455. The zero-order valence-corrected chi connectivity index (χ0v) is 8.25. The van der Waals surface area contributed by atoms with Gasteiger partial charge in [0.25, 0.3) is 0 Å². The topological polar surface area (TPSA) is 52.5 Å². The van der Waals surface area contributed by atoms with E-state index in [-0.39, 0.29) is 11.5 Å². The molecule has 1 saturated carbocycles. The van der Waals surface area contributed by atoms with Gasteiger partial charge in [0.1, 0.15) is 0 Å². The molecule has 14 heavy (non-hydrogen) atoms. The zero-order valence-electron chi connectivity index (χ0n) is 8.25. The van der Waals surface area contributed by atoms with Crippen molar-refractivity contribution in [3.63, 3.8) is 0 Å². The maximum atomic E-state index is 9.27. The Hall–Kier alpha value is -1.22. The molecule has 2 rings (SSSR count). The average molecular weight is 193 g/mol. The monoisotopic (exact) mass is 193 g/mol. The lowest BCUT2D eigenvalue weighted by atomic mass is 10.2. The lowest BCUT2D eigenvalue weighted by molar-refractivity contribution is 0.402. The van der Waals surface area contributed by atoms with E-state index < -0.39 is 0 Å². The molecule has 0 amide bonds. The van der Waals surface area contributed by atoms with Crippen molar-refractivity contribution in [2.75, 3.05) is 0 Å². The molecule has 0 atom stereocenters. The van der Waals surface area contributed by atoms with E-state index in [2.05, 4.69) is 12.2 Å². The minimum atomic E-state index is -0.0635. The van der Waals surface area contributed by atoms with E-state index in [9.17, 15) is 5.11 Å². The molecule has 0 unspecified atom stereocenters. The standard InChI is InChI=1S/C11H15NO2/c1-11(4-5-11)12-7-8-2-3-9(13)10(14)6-8/h2-3,6,12-14H,4-5,7H2,1H3. The van der Waals surface area contributed by atoms with Crippen molar-refractivity contribution < 1.29 is 10.2 Å². The third-order valence-electron chi connectivity index (χ3n) is 2.76. The molecule has 1 aromatic carbocycles. The minimum absolute atomic E-state index is 0.0507. The number of benzene rings is 1. The van der Waals surface area contributed by atoms with Gasteiger partial charge in [-0.25, -0.2) is 0 Å². The summed E-state index contributed by atoms with van der Waals surface area (Å²) in [6.45, 7) is 2.93. The highest BCUT2D eigenvalue weighted by atomic mass is 16.3. The van der Waals surface area contributed by atoms with Crippen molar-refractivity contribution in [1.82, 2.24) is 5.32 Å². The summed E-state index contributed by atoms with van der Waals surface area (Å²) in [5.74, 6) is -0.114. The number of rotatable bonds is 3. The minimum Gasteiger partial charge on any atom is -0.504 e. The molecule has 3 nitrogen and oxygen atoms in total. The smallest absolute Gasteiger partial charge is 0.157 e. The molecule has 0 saturated heterocycles. The lowest BCUT2D eigenvalue weighted by Gasteiger charge is -2.11. The van der Waals surface area contributed by atoms with Crippen LogP contribution in [0.5, 0.6) is 11.5 Å². The molecule has 1 aliphatic carbocycles. The highest BCUT2D eigenvalue weighted by Gasteiger charge is 2.36. The third-order valence-corrected chi connectivity index (χ3v) is 2.76.